The van der Waals surface area contributed by atoms with E-state index in [1.54, 1.807) is 6.20 Å². The van der Waals surface area contributed by atoms with E-state index in [1.165, 1.54) is 0 Å². The normalized spacial score (nSPS) is 17.4. The monoisotopic (exact) mass is 312 g/mol. The van der Waals surface area contributed by atoms with Gasteiger partial charge in [0.2, 0.25) is 0 Å². The number of hydrogen-bond acceptors (Lipinski definition) is 6. The SMILES string of the molecule is CC(C)n1ncc2cc(-c3nc(C4(N)CCCC4)no3)cnc21. The number of fused-ring (bicyclic) bond motifs is 1. The van der Waals surface area contributed by atoms with E-state index in [4.69, 9.17) is 10.3 Å². The number of rotatable bonds is 3. The largest absolute Gasteiger partial charge is 0.334 e. The van der Waals surface area contributed by atoms with Crippen molar-refractivity contribution in [2.24, 2.45) is 5.73 Å². The van der Waals surface area contributed by atoms with Gasteiger partial charge >= 0.3 is 0 Å². The van der Waals surface area contributed by atoms with E-state index in [0.29, 0.717) is 11.7 Å². The molecule has 3 aromatic heterocycles. The van der Waals surface area contributed by atoms with Crippen LogP contribution in [0.15, 0.2) is 23.0 Å². The number of pyridine rings is 1. The second-order valence-corrected chi connectivity index (χ2v) is 6.61. The zero-order valence-corrected chi connectivity index (χ0v) is 13.4. The summed E-state index contributed by atoms with van der Waals surface area (Å²) in [4.78, 5) is 9.02. The van der Waals surface area contributed by atoms with Crippen LogP contribution in [0.25, 0.3) is 22.5 Å². The molecule has 3 heterocycles. The van der Waals surface area contributed by atoms with Crippen LogP contribution in [0.1, 0.15) is 51.4 Å². The molecule has 1 fully saturated rings. The third-order valence-electron chi connectivity index (χ3n) is 4.54. The minimum absolute atomic E-state index is 0.264. The van der Waals surface area contributed by atoms with Gasteiger partial charge in [-0.15, -0.1) is 0 Å². The number of hydrogen-bond donors (Lipinski definition) is 1. The minimum atomic E-state index is -0.443. The fourth-order valence-corrected chi connectivity index (χ4v) is 3.21. The highest BCUT2D eigenvalue weighted by Crippen LogP contribution is 2.35. The van der Waals surface area contributed by atoms with Crippen molar-refractivity contribution in [2.45, 2.75) is 51.1 Å². The van der Waals surface area contributed by atoms with E-state index in [1.807, 2.05) is 16.9 Å². The van der Waals surface area contributed by atoms with Gasteiger partial charge in [-0.2, -0.15) is 10.1 Å². The van der Waals surface area contributed by atoms with Gasteiger partial charge in [-0.25, -0.2) is 9.67 Å². The fraction of sp³-hybridized carbons (Fsp3) is 0.500. The summed E-state index contributed by atoms with van der Waals surface area (Å²) in [6.45, 7) is 4.16. The molecule has 7 heteroatoms. The van der Waals surface area contributed by atoms with Crippen LogP contribution in [0.4, 0.5) is 0 Å². The first kappa shape index (κ1) is 14.3. The van der Waals surface area contributed by atoms with Gasteiger partial charge in [-0.3, -0.25) is 0 Å². The molecular weight excluding hydrogens is 292 g/mol. The van der Waals surface area contributed by atoms with Gasteiger partial charge in [0.1, 0.15) is 0 Å². The Hall–Kier alpha value is -2.28. The van der Waals surface area contributed by atoms with E-state index in [0.717, 1.165) is 42.3 Å². The van der Waals surface area contributed by atoms with Gasteiger partial charge in [0.15, 0.2) is 11.5 Å². The lowest BCUT2D eigenvalue weighted by molar-refractivity contribution is 0.372. The number of aromatic nitrogens is 5. The van der Waals surface area contributed by atoms with E-state index in [-0.39, 0.29) is 6.04 Å². The van der Waals surface area contributed by atoms with Gasteiger partial charge < -0.3 is 10.3 Å². The Bertz CT molecular complexity index is 843. The molecule has 0 unspecified atom stereocenters. The maximum absolute atomic E-state index is 6.38. The molecule has 120 valence electrons. The third kappa shape index (κ3) is 2.31. The average molecular weight is 312 g/mol. The Morgan fingerprint density at radius 2 is 2.04 bits per heavy atom. The van der Waals surface area contributed by atoms with Crippen LogP contribution >= 0.6 is 0 Å². The van der Waals surface area contributed by atoms with Crippen molar-refractivity contribution >= 4 is 11.0 Å². The molecule has 0 atom stereocenters. The maximum Gasteiger partial charge on any atom is 0.259 e. The Kier molecular flexibility index (Phi) is 3.19. The first-order valence-electron chi connectivity index (χ1n) is 8.03. The molecule has 0 aromatic carbocycles. The van der Waals surface area contributed by atoms with Crippen LogP contribution in [0, 0.1) is 0 Å². The van der Waals surface area contributed by atoms with Crippen molar-refractivity contribution in [1.29, 1.82) is 0 Å². The van der Waals surface area contributed by atoms with Crippen molar-refractivity contribution in [3.63, 3.8) is 0 Å². The summed E-state index contributed by atoms with van der Waals surface area (Å²) in [5, 5.41) is 9.43. The van der Waals surface area contributed by atoms with Gasteiger partial charge in [0, 0.05) is 17.6 Å². The molecule has 7 nitrogen and oxygen atoms in total. The van der Waals surface area contributed by atoms with Gasteiger partial charge in [-0.05, 0) is 32.8 Å². The Morgan fingerprint density at radius 3 is 2.78 bits per heavy atom. The van der Waals surface area contributed by atoms with Crippen molar-refractivity contribution in [2.75, 3.05) is 0 Å². The van der Waals surface area contributed by atoms with E-state index < -0.39 is 5.54 Å². The van der Waals surface area contributed by atoms with Crippen LogP contribution in [-0.2, 0) is 5.54 Å². The van der Waals surface area contributed by atoms with Crippen LogP contribution in [0.2, 0.25) is 0 Å². The molecule has 2 N–H and O–H groups in total. The third-order valence-corrected chi connectivity index (χ3v) is 4.54. The smallest absolute Gasteiger partial charge is 0.259 e. The zero-order valence-electron chi connectivity index (χ0n) is 13.4. The molecule has 0 aliphatic heterocycles. The average Bonchev–Trinajstić information content (AvgIpc) is 3.25. The number of nitrogens with zero attached hydrogens (tertiary/aromatic N) is 5. The highest BCUT2D eigenvalue weighted by Gasteiger charge is 2.36. The van der Waals surface area contributed by atoms with Gasteiger partial charge in [0.05, 0.1) is 17.3 Å². The summed E-state index contributed by atoms with van der Waals surface area (Å²) in [6, 6.07) is 2.24. The van der Waals surface area contributed by atoms with Crippen molar-refractivity contribution < 1.29 is 4.52 Å². The van der Waals surface area contributed by atoms with Crippen LogP contribution in [-0.4, -0.2) is 24.9 Å². The zero-order chi connectivity index (χ0) is 16.0. The molecular formula is C16H20N6O. The Balaban J connectivity index is 1.71. The van der Waals surface area contributed by atoms with Crippen LogP contribution in [0.3, 0.4) is 0 Å². The minimum Gasteiger partial charge on any atom is -0.334 e. The first-order valence-corrected chi connectivity index (χ1v) is 8.03. The van der Waals surface area contributed by atoms with Crippen molar-refractivity contribution in [1.82, 2.24) is 24.9 Å². The summed E-state index contributed by atoms with van der Waals surface area (Å²) in [5.41, 5.74) is 7.59. The second-order valence-electron chi connectivity index (χ2n) is 6.61. The highest BCUT2D eigenvalue weighted by atomic mass is 16.5. The molecule has 1 aliphatic rings. The maximum atomic E-state index is 6.38. The van der Waals surface area contributed by atoms with E-state index in [9.17, 15) is 0 Å². The lowest BCUT2D eigenvalue weighted by atomic mass is 9.99. The molecule has 0 bridgehead atoms. The quantitative estimate of drug-likeness (QED) is 0.799. The van der Waals surface area contributed by atoms with Crippen molar-refractivity contribution in [3.05, 3.63) is 24.3 Å². The highest BCUT2D eigenvalue weighted by molar-refractivity contribution is 5.79. The van der Waals surface area contributed by atoms with Gasteiger partial charge in [-0.1, -0.05) is 18.0 Å². The van der Waals surface area contributed by atoms with Crippen LogP contribution in [0.5, 0.6) is 0 Å². The Morgan fingerprint density at radius 1 is 1.26 bits per heavy atom. The van der Waals surface area contributed by atoms with Crippen molar-refractivity contribution in [3.8, 4) is 11.5 Å². The van der Waals surface area contributed by atoms with Gasteiger partial charge in [0.25, 0.3) is 5.89 Å². The lowest BCUT2D eigenvalue weighted by Crippen LogP contribution is -2.34. The summed E-state index contributed by atoms with van der Waals surface area (Å²) < 4.78 is 7.32. The standard InChI is InChI=1S/C16H20N6O/c1-10(2)22-13-11(9-19-22)7-12(8-18-13)14-20-15(21-23-14)16(17)5-3-4-6-16/h7-10H,3-6,17H2,1-2H3. The van der Waals surface area contributed by atoms with Crippen LogP contribution < -0.4 is 5.73 Å². The van der Waals surface area contributed by atoms with E-state index >= 15 is 0 Å². The molecule has 23 heavy (non-hydrogen) atoms. The Labute approximate surface area is 133 Å². The fourth-order valence-electron chi connectivity index (χ4n) is 3.21. The molecule has 1 aliphatic carbocycles. The molecule has 1 saturated carbocycles. The number of nitrogens with two attached hydrogens (primary N) is 1. The predicted molar refractivity (Wildman–Crippen MR) is 85.5 cm³/mol. The first-order chi connectivity index (χ1) is 11.1. The molecule has 3 aromatic rings. The summed E-state index contributed by atoms with van der Waals surface area (Å²) in [5.74, 6) is 1.06. The summed E-state index contributed by atoms with van der Waals surface area (Å²) in [6.07, 6.45) is 7.60. The summed E-state index contributed by atoms with van der Waals surface area (Å²) in [7, 11) is 0. The molecule has 0 radical (unpaired) electrons. The molecule has 0 saturated heterocycles. The van der Waals surface area contributed by atoms with E-state index in [2.05, 4.69) is 34.1 Å². The predicted octanol–water partition coefficient (Wildman–Crippen LogP) is 2.79. The second kappa shape index (κ2) is 5.13. The summed E-state index contributed by atoms with van der Waals surface area (Å²) >= 11 is 0. The molecule has 4 rings (SSSR count). The topological polar surface area (TPSA) is 95.7 Å². The molecule has 0 amide bonds. The lowest BCUT2D eigenvalue weighted by Gasteiger charge is -2.17. The molecule has 0 spiro atoms.